The van der Waals surface area contributed by atoms with Gasteiger partial charge in [-0.15, -0.1) is 12.4 Å². The molecule has 4 rings (SSSR count). The summed E-state index contributed by atoms with van der Waals surface area (Å²) in [6.07, 6.45) is 0. The third kappa shape index (κ3) is 3.46. The van der Waals surface area contributed by atoms with E-state index in [1.54, 1.807) is 0 Å². The molecule has 0 aliphatic rings. The van der Waals surface area contributed by atoms with E-state index >= 15 is 0 Å². The molecule has 0 aliphatic carbocycles. The molecule has 0 bridgehead atoms. The Labute approximate surface area is 161 Å². The largest absolute Gasteiger partial charge is 0.304 e. The molecule has 0 saturated carbocycles. The summed E-state index contributed by atoms with van der Waals surface area (Å²) < 4.78 is 0. The summed E-state index contributed by atoms with van der Waals surface area (Å²) in [4.78, 5) is 0. The van der Waals surface area contributed by atoms with Gasteiger partial charge in [0, 0.05) is 12.1 Å². The summed E-state index contributed by atoms with van der Waals surface area (Å²) in [6, 6.07) is 30.9. The van der Waals surface area contributed by atoms with E-state index in [1.807, 2.05) is 0 Å². The minimum Gasteiger partial charge on any atom is -0.304 e. The summed E-state index contributed by atoms with van der Waals surface area (Å²) in [5.74, 6) is 0. The van der Waals surface area contributed by atoms with Gasteiger partial charge in [0.15, 0.2) is 0 Å². The van der Waals surface area contributed by atoms with Crippen LogP contribution in [-0.2, 0) is 0 Å². The third-order valence-electron chi connectivity index (χ3n) is 5.08. The first kappa shape index (κ1) is 18.4. The van der Waals surface area contributed by atoms with E-state index in [0.717, 1.165) is 0 Å². The molecular formula is C24H24ClN. The Bertz CT molecular complexity index is 931. The molecule has 2 atom stereocenters. The Balaban J connectivity index is 0.00000196. The molecule has 0 spiro atoms. The van der Waals surface area contributed by atoms with Gasteiger partial charge in [-0.3, -0.25) is 0 Å². The first-order valence-electron chi connectivity index (χ1n) is 8.95. The second kappa shape index (κ2) is 7.90. The van der Waals surface area contributed by atoms with Gasteiger partial charge in [-0.25, -0.2) is 0 Å². The summed E-state index contributed by atoms with van der Waals surface area (Å²) >= 11 is 0. The SMILES string of the molecule is CC(N[C@@H](C)c1cccc2ccccc12)c1cccc2ccccc12.Cl. The van der Waals surface area contributed by atoms with Gasteiger partial charge >= 0.3 is 0 Å². The molecule has 0 fully saturated rings. The maximum atomic E-state index is 3.80. The molecule has 26 heavy (non-hydrogen) atoms. The maximum Gasteiger partial charge on any atom is 0.0303 e. The molecule has 0 radical (unpaired) electrons. The fraction of sp³-hybridized carbons (Fsp3) is 0.167. The van der Waals surface area contributed by atoms with Gasteiger partial charge < -0.3 is 5.32 Å². The van der Waals surface area contributed by atoms with Crippen LogP contribution in [0, 0.1) is 0 Å². The lowest BCUT2D eigenvalue weighted by atomic mass is 9.96. The molecular weight excluding hydrogens is 338 g/mol. The highest BCUT2D eigenvalue weighted by Gasteiger charge is 2.14. The Kier molecular flexibility index (Phi) is 5.61. The van der Waals surface area contributed by atoms with Gasteiger partial charge in [-0.05, 0) is 46.5 Å². The minimum atomic E-state index is 0. The van der Waals surface area contributed by atoms with Crippen molar-refractivity contribution in [2.45, 2.75) is 25.9 Å². The number of halogens is 1. The second-order valence-electron chi connectivity index (χ2n) is 6.75. The standard InChI is InChI=1S/C24H23N.ClH/c1-17(21-15-7-11-19-9-3-5-13-23(19)21)25-18(2)22-16-8-12-20-10-4-6-14-24(20)22;/h3-18,25H,1-2H3;1H/t17-,18?;/m0./s1. The summed E-state index contributed by atoms with van der Waals surface area (Å²) in [5, 5.41) is 9.05. The van der Waals surface area contributed by atoms with Crippen LogP contribution in [0.2, 0.25) is 0 Å². The summed E-state index contributed by atoms with van der Waals surface area (Å²) in [7, 11) is 0. The zero-order valence-electron chi connectivity index (χ0n) is 15.1. The minimum absolute atomic E-state index is 0. The molecule has 1 N–H and O–H groups in total. The van der Waals surface area contributed by atoms with Crippen LogP contribution in [0.3, 0.4) is 0 Å². The highest BCUT2D eigenvalue weighted by atomic mass is 35.5. The number of hydrogen-bond donors (Lipinski definition) is 1. The first-order chi connectivity index (χ1) is 12.2. The van der Waals surface area contributed by atoms with Crippen LogP contribution in [0.15, 0.2) is 84.9 Å². The van der Waals surface area contributed by atoms with Crippen LogP contribution in [0.4, 0.5) is 0 Å². The Morgan fingerprint density at radius 1 is 0.538 bits per heavy atom. The molecule has 2 heteroatoms. The second-order valence-corrected chi connectivity index (χ2v) is 6.75. The predicted octanol–water partition coefficient (Wildman–Crippen LogP) is 6.83. The lowest BCUT2D eigenvalue weighted by molar-refractivity contribution is 0.499. The average Bonchev–Trinajstić information content (AvgIpc) is 2.67. The van der Waals surface area contributed by atoms with E-state index < -0.39 is 0 Å². The van der Waals surface area contributed by atoms with Gasteiger partial charge in [-0.1, -0.05) is 84.9 Å². The van der Waals surface area contributed by atoms with Crippen molar-refractivity contribution in [1.82, 2.24) is 5.32 Å². The van der Waals surface area contributed by atoms with Crippen LogP contribution in [0.25, 0.3) is 21.5 Å². The van der Waals surface area contributed by atoms with Crippen molar-refractivity contribution in [2.75, 3.05) is 0 Å². The van der Waals surface area contributed by atoms with Crippen molar-refractivity contribution in [2.24, 2.45) is 0 Å². The van der Waals surface area contributed by atoms with E-state index in [2.05, 4.69) is 104 Å². The van der Waals surface area contributed by atoms with Gasteiger partial charge in [0.05, 0.1) is 0 Å². The number of hydrogen-bond acceptors (Lipinski definition) is 1. The smallest absolute Gasteiger partial charge is 0.0303 e. The quantitative estimate of drug-likeness (QED) is 0.420. The topological polar surface area (TPSA) is 12.0 Å². The Hall–Kier alpha value is -2.35. The molecule has 0 heterocycles. The van der Waals surface area contributed by atoms with E-state index in [9.17, 15) is 0 Å². The zero-order chi connectivity index (χ0) is 17.2. The van der Waals surface area contributed by atoms with Crippen molar-refractivity contribution in [3.8, 4) is 0 Å². The third-order valence-corrected chi connectivity index (χ3v) is 5.08. The number of benzene rings is 4. The van der Waals surface area contributed by atoms with Crippen LogP contribution in [0.5, 0.6) is 0 Å². The molecule has 1 nitrogen and oxygen atoms in total. The number of nitrogens with one attached hydrogen (secondary N) is 1. The summed E-state index contributed by atoms with van der Waals surface area (Å²) in [6.45, 7) is 4.51. The number of fused-ring (bicyclic) bond motifs is 2. The number of rotatable bonds is 4. The molecule has 0 amide bonds. The van der Waals surface area contributed by atoms with Crippen molar-refractivity contribution in [3.63, 3.8) is 0 Å². The highest BCUT2D eigenvalue weighted by molar-refractivity contribution is 5.87. The van der Waals surface area contributed by atoms with E-state index in [4.69, 9.17) is 0 Å². The first-order valence-corrected chi connectivity index (χ1v) is 8.95. The fourth-order valence-corrected chi connectivity index (χ4v) is 3.81. The van der Waals surface area contributed by atoms with Crippen LogP contribution < -0.4 is 5.32 Å². The lowest BCUT2D eigenvalue weighted by Gasteiger charge is -2.23. The summed E-state index contributed by atoms with van der Waals surface area (Å²) in [5.41, 5.74) is 2.70. The molecule has 132 valence electrons. The molecule has 0 saturated heterocycles. The van der Waals surface area contributed by atoms with Crippen LogP contribution in [-0.4, -0.2) is 0 Å². The van der Waals surface area contributed by atoms with Crippen molar-refractivity contribution in [1.29, 1.82) is 0 Å². The average molecular weight is 362 g/mol. The van der Waals surface area contributed by atoms with E-state index in [0.29, 0.717) is 0 Å². The van der Waals surface area contributed by atoms with E-state index in [1.165, 1.54) is 32.7 Å². The molecule has 4 aromatic carbocycles. The Morgan fingerprint density at radius 3 is 1.38 bits per heavy atom. The molecule has 0 aliphatic heterocycles. The van der Waals surface area contributed by atoms with Gasteiger partial charge in [0.1, 0.15) is 0 Å². The normalized spacial score (nSPS) is 13.3. The van der Waals surface area contributed by atoms with E-state index in [-0.39, 0.29) is 24.5 Å². The van der Waals surface area contributed by atoms with Gasteiger partial charge in [-0.2, -0.15) is 0 Å². The highest BCUT2D eigenvalue weighted by Crippen LogP contribution is 2.29. The van der Waals surface area contributed by atoms with Gasteiger partial charge in [0.2, 0.25) is 0 Å². The zero-order valence-corrected chi connectivity index (χ0v) is 16.0. The molecule has 0 aromatic heterocycles. The van der Waals surface area contributed by atoms with Gasteiger partial charge in [0.25, 0.3) is 0 Å². The van der Waals surface area contributed by atoms with Crippen LogP contribution in [0.1, 0.15) is 37.1 Å². The fourth-order valence-electron chi connectivity index (χ4n) is 3.81. The van der Waals surface area contributed by atoms with Crippen LogP contribution >= 0.6 is 12.4 Å². The van der Waals surface area contributed by atoms with Crippen molar-refractivity contribution >= 4 is 34.0 Å². The maximum absolute atomic E-state index is 3.80. The monoisotopic (exact) mass is 361 g/mol. The molecule has 4 aromatic rings. The van der Waals surface area contributed by atoms with Crippen molar-refractivity contribution in [3.05, 3.63) is 96.1 Å². The Morgan fingerprint density at radius 2 is 0.923 bits per heavy atom. The lowest BCUT2D eigenvalue weighted by Crippen LogP contribution is -2.22. The predicted molar refractivity (Wildman–Crippen MR) is 115 cm³/mol. The molecule has 1 unspecified atom stereocenters. The van der Waals surface area contributed by atoms with Crippen molar-refractivity contribution < 1.29 is 0 Å².